The molecule has 1 unspecified atom stereocenters. The van der Waals surface area contributed by atoms with Gasteiger partial charge in [0.25, 0.3) is 0 Å². The number of carbonyl (C=O) groups is 2. The van der Waals surface area contributed by atoms with Crippen LogP contribution in [0, 0.1) is 5.41 Å². The Morgan fingerprint density at radius 1 is 0.909 bits per heavy atom. The molecule has 0 saturated carbocycles. The zero-order valence-electron chi connectivity index (χ0n) is 11.9. The van der Waals surface area contributed by atoms with E-state index in [-0.39, 0.29) is 6.42 Å². The monoisotopic (exact) mass is 338 g/mol. The summed E-state index contributed by atoms with van der Waals surface area (Å²) in [6, 6.07) is 0. The third-order valence-electron chi connectivity index (χ3n) is 2.59. The van der Waals surface area contributed by atoms with Gasteiger partial charge in [-0.05, 0) is 13.3 Å². The third kappa shape index (κ3) is 8.73. The number of alkyl halides is 6. The van der Waals surface area contributed by atoms with Gasteiger partial charge in [0.2, 0.25) is 0 Å². The van der Waals surface area contributed by atoms with Crippen LogP contribution in [0.4, 0.5) is 26.3 Å². The molecule has 0 spiro atoms. The van der Waals surface area contributed by atoms with Crippen molar-refractivity contribution in [3.05, 3.63) is 0 Å². The summed E-state index contributed by atoms with van der Waals surface area (Å²) < 4.78 is 79.8. The topological polar surface area (TPSA) is 52.6 Å². The first kappa shape index (κ1) is 20.5. The van der Waals surface area contributed by atoms with Gasteiger partial charge in [0, 0.05) is 0 Å². The van der Waals surface area contributed by atoms with Crippen molar-refractivity contribution >= 4 is 11.9 Å². The molecule has 0 heterocycles. The summed E-state index contributed by atoms with van der Waals surface area (Å²) >= 11 is 0. The lowest BCUT2D eigenvalue weighted by atomic mass is 9.82. The van der Waals surface area contributed by atoms with Crippen LogP contribution in [0.3, 0.4) is 0 Å². The molecule has 0 aromatic carbocycles. The van der Waals surface area contributed by atoms with E-state index in [4.69, 9.17) is 0 Å². The molecule has 0 aromatic rings. The van der Waals surface area contributed by atoms with E-state index >= 15 is 0 Å². The minimum atomic E-state index is -4.74. The maximum Gasteiger partial charge on any atom is 0.422 e. The molecule has 0 aliphatic rings. The van der Waals surface area contributed by atoms with Gasteiger partial charge in [0.1, 0.15) is 0 Å². The number of hydrogen-bond acceptors (Lipinski definition) is 4. The smallest absolute Gasteiger partial charge is 0.422 e. The van der Waals surface area contributed by atoms with Gasteiger partial charge in [-0.15, -0.1) is 0 Å². The highest BCUT2D eigenvalue weighted by atomic mass is 19.4. The van der Waals surface area contributed by atoms with Crippen molar-refractivity contribution in [1.82, 2.24) is 0 Å². The molecule has 0 N–H and O–H groups in total. The number of ether oxygens (including phenoxy) is 2. The van der Waals surface area contributed by atoms with Crippen LogP contribution < -0.4 is 0 Å². The SMILES string of the molecule is CCCC(C)(CC(=O)OCC(F)(F)F)C(=O)OCC(F)(F)F. The lowest BCUT2D eigenvalue weighted by Crippen LogP contribution is -2.35. The molecule has 0 amide bonds. The van der Waals surface area contributed by atoms with E-state index in [1.165, 1.54) is 0 Å². The molecule has 22 heavy (non-hydrogen) atoms. The first-order valence-corrected chi connectivity index (χ1v) is 6.25. The van der Waals surface area contributed by atoms with E-state index in [1.807, 2.05) is 0 Å². The number of halogens is 6. The summed E-state index contributed by atoms with van der Waals surface area (Å²) in [6.07, 6.45) is -9.99. The van der Waals surface area contributed by atoms with Gasteiger partial charge in [-0.3, -0.25) is 9.59 Å². The second kappa shape index (κ2) is 7.68. The number of hydrogen-bond donors (Lipinski definition) is 0. The first-order valence-electron chi connectivity index (χ1n) is 6.25. The Kier molecular flexibility index (Phi) is 7.17. The Morgan fingerprint density at radius 2 is 1.36 bits per heavy atom. The van der Waals surface area contributed by atoms with Crippen molar-refractivity contribution in [3.8, 4) is 0 Å². The van der Waals surface area contributed by atoms with Crippen molar-refractivity contribution in [1.29, 1.82) is 0 Å². The third-order valence-corrected chi connectivity index (χ3v) is 2.59. The summed E-state index contributed by atoms with van der Waals surface area (Å²) in [5, 5.41) is 0. The van der Waals surface area contributed by atoms with E-state index in [0.717, 1.165) is 6.92 Å². The number of esters is 2. The van der Waals surface area contributed by atoms with E-state index < -0.39 is 49.3 Å². The minimum absolute atomic E-state index is 0.0369. The largest absolute Gasteiger partial charge is 0.456 e. The fraction of sp³-hybridized carbons (Fsp3) is 0.833. The lowest BCUT2D eigenvalue weighted by molar-refractivity contribution is -0.197. The van der Waals surface area contributed by atoms with Gasteiger partial charge < -0.3 is 9.47 Å². The zero-order chi connectivity index (χ0) is 17.6. The molecule has 0 bridgehead atoms. The first-order chi connectivity index (χ1) is 9.79. The van der Waals surface area contributed by atoms with Gasteiger partial charge in [-0.1, -0.05) is 13.3 Å². The zero-order valence-corrected chi connectivity index (χ0v) is 11.9. The molecular weight excluding hydrogens is 322 g/mol. The van der Waals surface area contributed by atoms with E-state index in [2.05, 4.69) is 9.47 Å². The molecule has 0 aliphatic carbocycles. The predicted octanol–water partition coefficient (Wildman–Crippen LogP) is 3.39. The van der Waals surface area contributed by atoms with Crippen molar-refractivity contribution in [2.24, 2.45) is 5.41 Å². The van der Waals surface area contributed by atoms with E-state index in [1.54, 1.807) is 6.92 Å². The van der Waals surface area contributed by atoms with E-state index in [9.17, 15) is 35.9 Å². The molecule has 0 rings (SSSR count). The van der Waals surface area contributed by atoms with Crippen LogP contribution in [0.15, 0.2) is 0 Å². The fourth-order valence-corrected chi connectivity index (χ4v) is 1.67. The van der Waals surface area contributed by atoms with Crippen LogP contribution in [0.1, 0.15) is 33.1 Å². The summed E-state index contributed by atoms with van der Waals surface area (Å²) in [4.78, 5) is 23.0. The number of carbonyl (C=O) groups excluding carboxylic acids is 2. The van der Waals surface area contributed by atoms with Gasteiger partial charge in [-0.2, -0.15) is 26.3 Å². The van der Waals surface area contributed by atoms with Crippen LogP contribution in [0.25, 0.3) is 0 Å². The van der Waals surface area contributed by atoms with Crippen LogP contribution in [-0.2, 0) is 19.1 Å². The second-order valence-electron chi connectivity index (χ2n) is 4.95. The molecule has 0 aliphatic heterocycles. The summed E-state index contributed by atoms with van der Waals surface area (Å²) in [6.45, 7) is -0.922. The standard InChI is InChI=1S/C12H16F6O4/c1-3-4-10(2,9(20)22-7-12(16,17)18)5-8(19)21-6-11(13,14)15/h3-7H2,1-2H3. The van der Waals surface area contributed by atoms with Crippen LogP contribution >= 0.6 is 0 Å². The maximum absolute atomic E-state index is 12.0. The highest BCUT2D eigenvalue weighted by molar-refractivity contribution is 5.83. The molecule has 10 heteroatoms. The van der Waals surface area contributed by atoms with Crippen LogP contribution in [0.2, 0.25) is 0 Å². The highest BCUT2D eigenvalue weighted by Crippen LogP contribution is 2.31. The Hall–Kier alpha value is -1.48. The molecular formula is C12H16F6O4. The Balaban J connectivity index is 4.72. The molecule has 0 saturated heterocycles. The summed E-state index contributed by atoms with van der Waals surface area (Å²) in [5.74, 6) is -2.65. The van der Waals surface area contributed by atoms with E-state index in [0.29, 0.717) is 6.42 Å². The summed E-state index contributed by atoms with van der Waals surface area (Å²) in [7, 11) is 0. The molecule has 130 valence electrons. The van der Waals surface area contributed by atoms with Crippen LogP contribution in [-0.4, -0.2) is 37.5 Å². The quantitative estimate of drug-likeness (QED) is 0.527. The highest BCUT2D eigenvalue weighted by Gasteiger charge is 2.40. The van der Waals surface area contributed by atoms with Gasteiger partial charge in [0.05, 0.1) is 11.8 Å². The van der Waals surface area contributed by atoms with Crippen molar-refractivity contribution in [3.63, 3.8) is 0 Å². The van der Waals surface area contributed by atoms with Gasteiger partial charge >= 0.3 is 24.3 Å². The normalized spacial score (nSPS) is 15.1. The van der Waals surface area contributed by atoms with Crippen molar-refractivity contribution < 1.29 is 45.4 Å². The average Bonchev–Trinajstić information content (AvgIpc) is 2.32. The summed E-state index contributed by atoms with van der Waals surface area (Å²) in [5.41, 5.74) is -1.68. The average molecular weight is 338 g/mol. The minimum Gasteiger partial charge on any atom is -0.456 e. The Bertz CT molecular complexity index is 390. The van der Waals surface area contributed by atoms with Gasteiger partial charge in [0.15, 0.2) is 13.2 Å². The second-order valence-corrected chi connectivity index (χ2v) is 4.95. The molecule has 1 atom stereocenters. The van der Waals surface area contributed by atoms with Crippen LogP contribution in [0.5, 0.6) is 0 Å². The van der Waals surface area contributed by atoms with Gasteiger partial charge in [-0.25, -0.2) is 0 Å². The molecule has 0 fully saturated rings. The van der Waals surface area contributed by atoms with Crippen molar-refractivity contribution in [2.45, 2.75) is 45.5 Å². The maximum atomic E-state index is 12.0. The Labute approximate surface area is 122 Å². The van der Waals surface area contributed by atoms with Crippen molar-refractivity contribution in [2.75, 3.05) is 13.2 Å². The molecule has 0 aromatic heterocycles. The Morgan fingerprint density at radius 3 is 1.77 bits per heavy atom. The number of rotatable bonds is 7. The lowest BCUT2D eigenvalue weighted by Gasteiger charge is -2.26. The predicted molar refractivity (Wildman–Crippen MR) is 61.7 cm³/mol. The molecule has 4 nitrogen and oxygen atoms in total. The molecule has 0 radical (unpaired) electrons. The fourth-order valence-electron chi connectivity index (χ4n) is 1.67.